The molecular weight excluding hydrogens is 344 g/mol. The molecule has 2 fully saturated rings. The number of nitro groups is 1. The lowest BCUT2D eigenvalue weighted by atomic mass is 10.1. The molecule has 1 N–H and O–H groups in total. The predicted molar refractivity (Wildman–Crippen MR) is 91.7 cm³/mol. The molecule has 9 heteroatoms. The van der Waals surface area contributed by atoms with E-state index in [2.05, 4.69) is 10.3 Å². The van der Waals surface area contributed by atoms with E-state index in [1.165, 1.54) is 24.4 Å². The van der Waals surface area contributed by atoms with Crippen molar-refractivity contribution < 1.29 is 13.3 Å². The summed E-state index contributed by atoms with van der Waals surface area (Å²) in [4.78, 5) is 14.9. The predicted octanol–water partition coefficient (Wildman–Crippen LogP) is 1.66. The van der Waals surface area contributed by atoms with Crippen LogP contribution in [0.3, 0.4) is 0 Å². The molecule has 2 unspecified atom stereocenters. The molecular formula is C16H18N4O4S. The van der Waals surface area contributed by atoms with Crippen molar-refractivity contribution in [1.82, 2.24) is 14.6 Å². The molecule has 2 aliphatic heterocycles. The number of hydrogen-bond donors (Lipinski definition) is 1. The van der Waals surface area contributed by atoms with Crippen molar-refractivity contribution in [3.8, 4) is 0 Å². The Bertz CT molecular complexity index is 932. The van der Waals surface area contributed by atoms with Gasteiger partial charge < -0.3 is 5.32 Å². The van der Waals surface area contributed by atoms with Crippen LogP contribution in [0.5, 0.6) is 0 Å². The molecule has 0 spiro atoms. The SMILES string of the molecule is O=[N+]([O-])c1ccc(S(=O)(=O)N2C3CCNCC2CC3)c2ncccc12. The summed E-state index contributed by atoms with van der Waals surface area (Å²) < 4.78 is 28.4. The summed E-state index contributed by atoms with van der Waals surface area (Å²) >= 11 is 0. The Balaban J connectivity index is 1.89. The zero-order chi connectivity index (χ0) is 17.6. The summed E-state index contributed by atoms with van der Waals surface area (Å²) in [5.74, 6) is 0. The maximum Gasteiger partial charge on any atom is 0.278 e. The molecule has 2 aromatic rings. The first-order chi connectivity index (χ1) is 12.0. The number of nitrogens with one attached hydrogen (secondary N) is 1. The van der Waals surface area contributed by atoms with Gasteiger partial charge in [-0.2, -0.15) is 4.31 Å². The monoisotopic (exact) mass is 362 g/mol. The number of nitrogens with zero attached hydrogens (tertiary/aromatic N) is 3. The highest BCUT2D eigenvalue weighted by Crippen LogP contribution is 2.37. The van der Waals surface area contributed by atoms with E-state index in [4.69, 9.17) is 0 Å². The summed E-state index contributed by atoms with van der Waals surface area (Å²) in [6, 6.07) is 5.59. The van der Waals surface area contributed by atoms with E-state index in [1.807, 2.05) is 0 Å². The third-order valence-corrected chi connectivity index (χ3v) is 7.09. The summed E-state index contributed by atoms with van der Waals surface area (Å²) in [5.41, 5.74) is 0.0239. The number of sulfonamides is 1. The highest BCUT2D eigenvalue weighted by Gasteiger charge is 2.43. The third-order valence-electron chi connectivity index (χ3n) is 5.05. The van der Waals surface area contributed by atoms with Gasteiger partial charge in [0.25, 0.3) is 5.69 Å². The van der Waals surface area contributed by atoms with Gasteiger partial charge in [0.05, 0.1) is 15.8 Å². The van der Waals surface area contributed by atoms with Gasteiger partial charge in [0.1, 0.15) is 4.90 Å². The molecule has 25 heavy (non-hydrogen) atoms. The first kappa shape index (κ1) is 16.4. The summed E-state index contributed by atoms with van der Waals surface area (Å²) in [5, 5.41) is 14.8. The highest BCUT2D eigenvalue weighted by molar-refractivity contribution is 7.89. The second-order valence-corrected chi connectivity index (χ2v) is 8.26. The van der Waals surface area contributed by atoms with Gasteiger partial charge in [0.15, 0.2) is 0 Å². The smallest absolute Gasteiger partial charge is 0.278 e. The average Bonchev–Trinajstić information content (AvgIpc) is 2.87. The molecule has 2 bridgehead atoms. The van der Waals surface area contributed by atoms with Crippen LogP contribution in [0.4, 0.5) is 5.69 Å². The van der Waals surface area contributed by atoms with Gasteiger partial charge in [-0.25, -0.2) is 8.42 Å². The highest BCUT2D eigenvalue weighted by atomic mass is 32.2. The van der Waals surface area contributed by atoms with Crippen molar-refractivity contribution in [1.29, 1.82) is 0 Å². The van der Waals surface area contributed by atoms with Crippen molar-refractivity contribution >= 4 is 26.6 Å². The fraction of sp³-hybridized carbons (Fsp3) is 0.438. The van der Waals surface area contributed by atoms with Crippen LogP contribution in [0.15, 0.2) is 35.4 Å². The Kier molecular flexibility index (Phi) is 3.94. The molecule has 1 aromatic heterocycles. The standard InChI is InChI=1S/C16H18N4O4S/c21-20(22)14-5-6-15(16-13(14)2-1-8-18-16)25(23,24)19-11-3-4-12(19)10-17-9-7-11/h1-2,5-6,8,11-12,17H,3-4,7,9-10H2. The van der Waals surface area contributed by atoms with E-state index in [0.717, 1.165) is 25.8 Å². The fourth-order valence-corrected chi connectivity index (χ4v) is 5.99. The topological polar surface area (TPSA) is 105 Å². The average molecular weight is 362 g/mol. The van der Waals surface area contributed by atoms with Crippen molar-refractivity contribution in [2.45, 2.75) is 36.2 Å². The van der Waals surface area contributed by atoms with Crippen LogP contribution < -0.4 is 5.32 Å². The number of fused-ring (bicyclic) bond motifs is 3. The number of non-ortho nitro benzene ring substituents is 1. The quantitative estimate of drug-likeness (QED) is 0.657. The lowest BCUT2D eigenvalue weighted by Crippen LogP contribution is -2.42. The van der Waals surface area contributed by atoms with Gasteiger partial charge >= 0.3 is 0 Å². The lowest BCUT2D eigenvalue weighted by molar-refractivity contribution is -0.383. The van der Waals surface area contributed by atoms with Gasteiger partial charge in [0.2, 0.25) is 10.0 Å². The maximum absolute atomic E-state index is 13.4. The largest absolute Gasteiger partial charge is 0.315 e. The number of rotatable bonds is 3. The number of hydrogen-bond acceptors (Lipinski definition) is 6. The lowest BCUT2D eigenvalue weighted by Gasteiger charge is -2.27. The number of nitro benzene ring substituents is 1. The first-order valence-electron chi connectivity index (χ1n) is 8.26. The van der Waals surface area contributed by atoms with Crippen LogP contribution >= 0.6 is 0 Å². The van der Waals surface area contributed by atoms with Crippen molar-refractivity contribution in [2.75, 3.05) is 13.1 Å². The van der Waals surface area contributed by atoms with Gasteiger partial charge in [-0.05, 0) is 44.0 Å². The van der Waals surface area contributed by atoms with E-state index in [-0.39, 0.29) is 33.6 Å². The zero-order valence-corrected chi connectivity index (χ0v) is 14.3. The van der Waals surface area contributed by atoms with E-state index in [0.29, 0.717) is 6.54 Å². The second kappa shape index (κ2) is 6.01. The van der Waals surface area contributed by atoms with Gasteiger partial charge in [-0.3, -0.25) is 15.1 Å². The molecule has 0 saturated carbocycles. The molecule has 1 aromatic carbocycles. The van der Waals surface area contributed by atoms with Gasteiger partial charge in [-0.15, -0.1) is 0 Å². The molecule has 2 saturated heterocycles. The minimum atomic E-state index is -3.78. The maximum atomic E-state index is 13.4. The van der Waals surface area contributed by atoms with Gasteiger partial charge in [-0.1, -0.05) is 0 Å². The number of aromatic nitrogens is 1. The molecule has 8 nitrogen and oxygen atoms in total. The van der Waals surface area contributed by atoms with E-state index >= 15 is 0 Å². The molecule has 2 atom stereocenters. The molecule has 2 aliphatic rings. The Morgan fingerprint density at radius 1 is 1.20 bits per heavy atom. The van der Waals surface area contributed by atoms with E-state index < -0.39 is 14.9 Å². The summed E-state index contributed by atoms with van der Waals surface area (Å²) in [7, 11) is -3.78. The van der Waals surface area contributed by atoms with Crippen LogP contribution in [0.2, 0.25) is 0 Å². The Morgan fingerprint density at radius 3 is 2.80 bits per heavy atom. The second-order valence-electron chi connectivity index (χ2n) is 6.45. The summed E-state index contributed by atoms with van der Waals surface area (Å²) in [6.45, 7) is 1.43. The molecule has 0 radical (unpaired) electrons. The van der Waals surface area contributed by atoms with E-state index in [1.54, 1.807) is 10.4 Å². The van der Waals surface area contributed by atoms with Gasteiger partial charge in [0, 0.05) is 30.9 Å². The normalized spacial score (nSPS) is 24.3. The molecule has 3 heterocycles. The van der Waals surface area contributed by atoms with Crippen LogP contribution in [-0.4, -0.2) is 47.8 Å². The first-order valence-corrected chi connectivity index (χ1v) is 9.70. The minimum Gasteiger partial charge on any atom is -0.315 e. The molecule has 0 amide bonds. The molecule has 0 aliphatic carbocycles. The Labute approximate surface area is 145 Å². The third kappa shape index (κ3) is 2.59. The molecule has 132 valence electrons. The van der Waals surface area contributed by atoms with Crippen LogP contribution in [0, 0.1) is 10.1 Å². The minimum absolute atomic E-state index is 0.0287. The van der Waals surface area contributed by atoms with Crippen molar-refractivity contribution in [2.24, 2.45) is 0 Å². The van der Waals surface area contributed by atoms with Crippen LogP contribution in [0.1, 0.15) is 19.3 Å². The zero-order valence-electron chi connectivity index (χ0n) is 13.5. The number of pyridine rings is 1. The van der Waals surface area contributed by atoms with Crippen LogP contribution in [-0.2, 0) is 10.0 Å². The van der Waals surface area contributed by atoms with Crippen molar-refractivity contribution in [3.63, 3.8) is 0 Å². The Morgan fingerprint density at radius 2 is 2.00 bits per heavy atom. The fourth-order valence-electron chi connectivity index (χ4n) is 3.94. The number of benzene rings is 1. The molecule has 4 rings (SSSR count). The van der Waals surface area contributed by atoms with E-state index in [9.17, 15) is 18.5 Å². The Hall–Kier alpha value is -2.10. The van der Waals surface area contributed by atoms with Crippen molar-refractivity contribution in [3.05, 3.63) is 40.6 Å². The summed E-state index contributed by atoms with van der Waals surface area (Å²) in [6.07, 6.45) is 3.91. The van der Waals surface area contributed by atoms with Crippen LogP contribution in [0.25, 0.3) is 10.9 Å².